The molecule has 2 aromatic rings. The van der Waals surface area contributed by atoms with Crippen molar-refractivity contribution in [3.63, 3.8) is 0 Å². The fraction of sp³-hybridized carbons (Fsp3) is 0.222. The molecule has 0 N–H and O–H groups in total. The summed E-state index contributed by atoms with van der Waals surface area (Å²) < 4.78 is 5.10. The summed E-state index contributed by atoms with van der Waals surface area (Å²) in [5, 5.41) is 0. The first kappa shape index (κ1) is 19.5. The van der Waals surface area contributed by atoms with Crippen LogP contribution in [0.4, 0.5) is 0 Å². The molecular weight excluding hydrogens is 416 g/mol. The SMILES string of the molecule is CC1=CC(C)[C]([Zr]([C]2=C(C)C=C(C)C2)=[C](c2ccccc2)c2ccccc2)=C1. The van der Waals surface area contributed by atoms with Crippen LogP contribution >= 0.6 is 0 Å². The first-order valence-electron chi connectivity index (χ1n) is 10.2. The minimum absolute atomic E-state index is 0.554. The summed E-state index contributed by atoms with van der Waals surface area (Å²) in [6, 6.07) is 22.3. The van der Waals surface area contributed by atoms with E-state index in [0.717, 1.165) is 6.42 Å². The standard InChI is InChI=1S/C13H10.2C7H9.Zr/c1-3-7-12(8-4-1)11-13-9-5-2-6-10-13;2*1-6-3-4-7(2)5-6;/h1-10H;5H,3H2,1-2H3;3,5,7H,1-2H3;. The summed E-state index contributed by atoms with van der Waals surface area (Å²) in [6.07, 6.45) is 8.55. The Morgan fingerprint density at radius 1 is 0.821 bits per heavy atom. The summed E-state index contributed by atoms with van der Waals surface area (Å²) >= 11 is -2.32. The van der Waals surface area contributed by atoms with E-state index < -0.39 is 21.3 Å². The summed E-state index contributed by atoms with van der Waals surface area (Å²) in [5.41, 5.74) is 7.29. The van der Waals surface area contributed by atoms with Crippen molar-refractivity contribution in [1.29, 1.82) is 0 Å². The van der Waals surface area contributed by atoms with Crippen LogP contribution in [0.3, 0.4) is 0 Å². The summed E-state index contributed by atoms with van der Waals surface area (Å²) in [7, 11) is 0. The topological polar surface area (TPSA) is 0 Å². The maximum absolute atomic E-state index is 2.51. The van der Waals surface area contributed by atoms with E-state index in [2.05, 4.69) is 107 Å². The van der Waals surface area contributed by atoms with Gasteiger partial charge in [-0.3, -0.25) is 0 Å². The van der Waals surface area contributed by atoms with Crippen LogP contribution in [0.1, 0.15) is 45.2 Å². The zero-order valence-electron chi connectivity index (χ0n) is 17.3. The average molecular weight is 444 g/mol. The molecule has 0 radical (unpaired) electrons. The molecule has 1 unspecified atom stereocenters. The fourth-order valence-electron chi connectivity index (χ4n) is 4.55. The number of allylic oxidation sites excluding steroid dienone is 8. The Balaban J connectivity index is 2.05. The zero-order valence-corrected chi connectivity index (χ0v) is 19.7. The molecule has 1 heteroatoms. The quantitative estimate of drug-likeness (QED) is 0.478. The van der Waals surface area contributed by atoms with Gasteiger partial charge in [0.25, 0.3) is 0 Å². The van der Waals surface area contributed by atoms with Gasteiger partial charge in [-0.2, -0.15) is 0 Å². The maximum atomic E-state index is 2.51. The van der Waals surface area contributed by atoms with Gasteiger partial charge in [-0.05, 0) is 0 Å². The monoisotopic (exact) mass is 442 g/mol. The second-order valence-electron chi connectivity index (χ2n) is 8.11. The third kappa shape index (κ3) is 3.83. The van der Waals surface area contributed by atoms with Gasteiger partial charge in [0.2, 0.25) is 0 Å². The van der Waals surface area contributed by atoms with Gasteiger partial charge in [0.05, 0.1) is 0 Å². The third-order valence-corrected chi connectivity index (χ3v) is 14.2. The number of benzene rings is 2. The van der Waals surface area contributed by atoms with Crippen molar-refractivity contribution in [2.75, 3.05) is 0 Å². The number of hydrogen-bond donors (Lipinski definition) is 0. The zero-order chi connectivity index (χ0) is 19.7. The fourth-order valence-corrected chi connectivity index (χ4v) is 13.6. The van der Waals surface area contributed by atoms with Crippen LogP contribution in [0.2, 0.25) is 0 Å². The van der Waals surface area contributed by atoms with E-state index in [4.69, 9.17) is 0 Å². The van der Waals surface area contributed by atoms with E-state index in [1.807, 2.05) is 0 Å². The third-order valence-electron chi connectivity index (χ3n) is 5.75. The van der Waals surface area contributed by atoms with Crippen LogP contribution in [-0.4, -0.2) is 3.21 Å². The van der Waals surface area contributed by atoms with Crippen LogP contribution in [-0.2, 0) is 21.3 Å². The molecule has 0 amide bonds. The first-order chi connectivity index (χ1) is 13.5. The molecule has 28 heavy (non-hydrogen) atoms. The predicted molar refractivity (Wildman–Crippen MR) is 118 cm³/mol. The van der Waals surface area contributed by atoms with Gasteiger partial charge in [0, 0.05) is 0 Å². The van der Waals surface area contributed by atoms with Gasteiger partial charge in [-0.25, -0.2) is 0 Å². The Hall–Kier alpha value is -1.85. The van der Waals surface area contributed by atoms with Gasteiger partial charge < -0.3 is 0 Å². The van der Waals surface area contributed by atoms with E-state index in [1.165, 1.54) is 27.8 Å². The molecule has 0 saturated heterocycles. The van der Waals surface area contributed by atoms with Crippen LogP contribution in [0.15, 0.2) is 102 Å². The molecule has 2 aromatic carbocycles. The second kappa shape index (κ2) is 8.26. The van der Waals surface area contributed by atoms with Crippen molar-refractivity contribution < 1.29 is 21.3 Å². The molecule has 2 aliphatic carbocycles. The molecule has 0 saturated carbocycles. The van der Waals surface area contributed by atoms with Crippen molar-refractivity contribution in [1.82, 2.24) is 0 Å². The Morgan fingerprint density at radius 3 is 1.82 bits per heavy atom. The van der Waals surface area contributed by atoms with E-state index in [9.17, 15) is 0 Å². The van der Waals surface area contributed by atoms with Gasteiger partial charge in [0.15, 0.2) is 0 Å². The van der Waals surface area contributed by atoms with Crippen LogP contribution in [0, 0.1) is 5.92 Å². The molecule has 0 heterocycles. The molecule has 0 nitrogen and oxygen atoms in total. The van der Waals surface area contributed by atoms with Crippen molar-refractivity contribution in [2.45, 2.75) is 34.1 Å². The molecular formula is C27H28Zr. The summed E-state index contributed by atoms with van der Waals surface area (Å²) in [4.78, 5) is 0. The molecule has 1 atom stereocenters. The Morgan fingerprint density at radius 2 is 1.39 bits per heavy atom. The summed E-state index contributed by atoms with van der Waals surface area (Å²) in [5.74, 6) is 0.554. The Bertz CT molecular complexity index is 1000. The van der Waals surface area contributed by atoms with Gasteiger partial charge >= 0.3 is 178 Å². The first-order valence-corrected chi connectivity index (χ1v) is 13.9. The Kier molecular flexibility index (Phi) is 5.74. The van der Waals surface area contributed by atoms with E-state index >= 15 is 0 Å². The van der Waals surface area contributed by atoms with Crippen molar-refractivity contribution in [2.24, 2.45) is 5.92 Å². The van der Waals surface area contributed by atoms with Gasteiger partial charge in [-0.1, -0.05) is 0 Å². The van der Waals surface area contributed by atoms with Crippen molar-refractivity contribution in [3.05, 3.63) is 113 Å². The van der Waals surface area contributed by atoms with Crippen molar-refractivity contribution >= 4 is 3.21 Å². The number of hydrogen-bond acceptors (Lipinski definition) is 0. The minimum atomic E-state index is -2.32. The van der Waals surface area contributed by atoms with E-state index in [-0.39, 0.29) is 0 Å². The van der Waals surface area contributed by atoms with Crippen molar-refractivity contribution in [3.8, 4) is 0 Å². The van der Waals surface area contributed by atoms with Crippen LogP contribution in [0.5, 0.6) is 0 Å². The van der Waals surface area contributed by atoms with E-state index in [0.29, 0.717) is 5.92 Å². The normalized spacial score (nSPS) is 18.7. The molecule has 2 aliphatic rings. The van der Waals surface area contributed by atoms with Gasteiger partial charge in [-0.15, -0.1) is 0 Å². The van der Waals surface area contributed by atoms with Crippen LogP contribution in [0.25, 0.3) is 0 Å². The molecule has 4 rings (SSSR count). The van der Waals surface area contributed by atoms with Crippen LogP contribution < -0.4 is 0 Å². The molecule has 0 spiro atoms. The molecule has 140 valence electrons. The Labute approximate surface area is 177 Å². The average Bonchev–Trinajstić information content (AvgIpc) is 3.20. The van der Waals surface area contributed by atoms with E-state index in [1.54, 1.807) is 9.77 Å². The molecule has 0 fully saturated rings. The predicted octanol–water partition coefficient (Wildman–Crippen LogP) is 6.98. The number of rotatable bonds is 4. The molecule has 0 aromatic heterocycles. The second-order valence-corrected chi connectivity index (χ2v) is 14.1. The molecule has 0 bridgehead atoms. The van der Waals surface area contributed by atoms with Gasteiger partial charge in [0.1, 0.15) is 0 Å². The summed E-state index contributed by atoms with van der Waals surface area (Å²) in [6.45, 7) is 9.27. The molecule has 0 aliphatic heterocycles.